The van der Waals surface area contributed by atoms with Crippen LogP contribution in [0.4, 0.5) is 0 Å². The molecule has 1 N–H and O–H groups in total. The molecular weight excluding hydrogens is 341 g/mol. The van der Waals surface area contributed by atoms with Crippen LogP contribution in [0.25, 0.3) is 6.08 Å². The minimum atomic E-state index is -0.158. The van der Waals surface area contributed by atoms with Gasteiger partial charge in [0.2, 0.25) is 0 Å². The standard InChI is InChI=1S/C16H19NO3S2.Na.H/c1-3-4-5-8-20-12-7-6-11(9-13(12)19-2)10-14-15(18)17-16(21)22-14;;/h6-7,9-10H,3-5,8H2,1-2H3,(H,17,18,21);;/q;+1;-1. The molecule has 0 bridgehead atoms. The fraction of sp³-hybridized carbons (Fsp3) is 0.375. The topological polar surface area (TPSA) is 47.6 Å². The smallest absolute Gasteiger partial charge is 1.00 e. The summed E-state index contributed by atoms with van der Waals surface area (Å²) < 4.78 is 11.6. The van der Waals surface area contributed by atoms with E-state index in [4.69, 9.17) is 21.7 Å². The third-order valence-electron chi connectivity index (χ3n) is 3.13. The maximum atomic E-state index is 11.7. The molecule has 0 radical (unpaired) electrons. The number of thioether (sulfide) groups is 1. The van der Waals surface area contributed by atoms with Crippen LogP contribution in [0.5, 0.6) is 11.5 Å². The van der Waals surface area contributed by atoms with E-state index >= 15 is 0 Å². The number of hydrogen-bond donors (Lipinski definition) is 1. The zero-order valence-corrected chi connectivity index (χ0v) is 17.3. The van der Waals surface area contributed by atoms with Gasteiger partial charge < -0.3 is 16.2 Å². The van der Waals surface area contributed by atoms with Crippen molar-refractivity contribution in [3.05, 3.63) is 28.7 Å². The second kappa shape index (κ2) is 10.4. The molecule has 1 aliphatic rings. The Labute approximate surface area is 170 Å². The molecule has 0 aliphatic carbocycles. The molecule has 1 aromatic rings. The monoisotopic (exact) mass is 361 g/mol. The number of amides is 1. The Morgan fingerprint density at radius 2 is 2.13 bits per heavy atom. The summed E-state index contributed by atoms with van der Waals surface area (Å²) in [5.41, 5.74) is 0.875. The maximum Gasteiger partial charge on any atom is 1.00 e. The zero-order chi connectivity index (χ0) is 15.9. The van der Waals surface area contributed by atoms with Gasteiger partial charge in [-0.1, -0.05) is 49.8 Å². The fourth-order valence-electron chi connectivity index (χ4n) is 2.00. The van der Waals surface area contributed by atoms with Gasteiger partial charge in [-0.25, -0.2) is 0 Å². The molecule has 1 aromatic carbocycles. The number of ether oxygens (including phenoxy) is 2. The Bertz CT molecular complexity index is 611. The third-order valence-corrected chi connectivity index (χ3v) is 4.30. The maximum absolute atomic E-state index is 11.7. The molecule has 1 heterocycles. The molecule has 1 fully saturated rings. The minimum Gasteiger partial charge on any atom is -1.00 e. The van der Waals surface area contributed by atoms with Crippen molar-refractivity contribution in [3.8, 4) is 11.5 Å². The van der Waals surface area contributed by atoms with E-state index < -0.39 is 0 Å². The second-order valence-corrected chi connectivity index (χ2v) is 6.54. The van der Waals surface area contributed by atoms with Crippen LogP contribution >= 0.6 is 24.0 Å². The van der Waals surface area contributed by atoms with Crippen LogP contribution in [-0.2, 0) is 4.79 Å². The number of benzene rings is 1. The Kier molecular flexibility index (Phi) is 9.24. The second-order valence-electron chi connectivity index (χ2n) is 4.82. The number of nitrogens with one attached hydrogen (secondary N) is 1. The SMILES string of the molecule is CCCCCOc1ccc(C=C2SC(=S)NC2=O)cc1OC.[H-].[Na+]. The number of hydrogen-bond acceptors (Lipinski definition) is 5. The minimum absolute atomic E-state index is 0. The quantitative estimate of drug-likeness (QED) is 0.338. The third kappa shape index (κ3) is 6.12. The molecule has 2 rings (SSSR count). The van der Waals surface area contributed by atoms with E-state index in [2.05, 4.69) is 12.2 Å². The summed E-state index contributed by atoms with van der Waals surface area (Å²) in [7, 11) is 1.61. The fourth-order valence-corrected chi connectivity index (χ4v) is 3.04. The van der Waals surface area contributed by atoms with Gasteiger partial charge in [0.05, 0.1) is 18.6 Å². The largest absolute Gasteiger partial charge is 1.00 e. The Hall–Kier alpha value is -0.530. The van der Waals surface area contributed by atoms with Gasteiger partial charge in [0, 0.05) is 0 Å². The average molecular weight is 361 g/mol. The predicted molar refractivity (Wildman–Crippen MR) is 95.4 cm³/mol. The van der Waals surface area contributed by atoms with Crippen molar-refractivity contribution in [2.75, 3.05) is 13.7 Å². The summed E-state index contributed by atoms with van der Waals surface area (Å²) in [5, 5.41) is 2.60. The van der Waals surface area contributed by atoms with Crippen LogP contribution in [-0.4, -0.2) is 23.9 Å². The Morgan fingerprint density at radius 1 is 1.35 bits per heavy atom. The van der Waals surface area contributed by atoms with Gasteiger partial charge >= 0.3 is 29.6 Å². The van der Waals surface area contributed by atoms with E-state index in [1.165, 1.54) is 11.8 Å². The number of methoxy groups -OCH3 is 1. The molecule has 0 atom stereocenters. The molecule has 0 aromatic heterocycles. The van der Waals surface area contributed by atoms with Gasteiger partial charge in [0.1, 0.15) is 4.32 Å². The molecule has 120 valence electrons. The summed E-state index contributed by atoms with van der Waals surface area (Å²) in [5.74, 6) is 1.23. The van der Waals surface area contributed by atoms with E-state index in [0.29, 0.717) is 21.6 Å². The number of carbonyl (C=O) groups is 1. The van der Waals surface area contributed by atoms with Crippen molar-refractivity contribution in [2.24, 2.45) is 0 Å². The normalized spacial score (nSPS) is 15.3. The van der Waals surface area contributed by atoms with E-state index in [0.717, 1.165) is 30.6 Å². The van der Waals surface area contributed by atoms with Crippen LogP contribution in [0.15, 0.2) is 23.1 Å². The van der Waals surface area contributed by atoms with E-state index in [1.54, 1.807) is 13.2 Å². The van der Waals surface area contributed by atoms with E-state index in [9.17, 15) is 4.79 Å². The summed E-state index contributed by atoms with van der Waals surface area (Å²) in [6.45, 7) is 2.84. The number of thiocarbonyl (C=S) groups is 1. The number of carbonyl (C=O) groups excluding carboxylic acids is 1. The van der Waals surface area contributed by atoms with Gasteiger partial charge in [-0.05, 0) is 30.2 Å². The van der Waals surface area contributed by atoms with Crippen molar-refractivity contribution < 1.29 is 45.3 Å². The summed E-state index contributed by atoms with van der Waals surface area (Å²) >= 11 is 6.24. The Balaban J connectivity index is 0.00000264. The van der Waals surface area contributed by atoms with Gasteiger partial charge in [-0.3, -0.25) is 4.79 Å². The van der Waals surface area contributed by atoms with Crippen LogP contribution in [0.2, 0.25) is 0 Å². The van der Waals surface area contributed by atoms with Crippen LogP contribution in [0.3, 0.4) is 0 Å². The molecule has 1 aliphatic heterocycles. The first kappa shape index (κ1) is 20.5. The van der Waals surface area contributed by atoms with Crippen LogP contribution < -0.4 is 44.3 Å². The summed E-state index contributed by atoms with van der Waals surface area (Å²) in [6.07, 6.45) is 5.13. The molecule has 7 heteroatoms. The van der Waals surface area contributed by atoms with Crippen molar-refractivity contribution in [2.45, 2.75) is 26.2 Å². The molecule has 1 amide bonds. The molecule has 0 saturated carbocycles. The van der Waals surface area contributed by atoms with Gasteiger partial charge in [0.25, 0.3) is 5.91 Å². The summed E-state index contributed by atoms with van der Waals surface area (Å²) in [4.78, 5) is 12.3. The molecule has 1 saturated heterocycles. The predicted octanol–water partition coefficient (Wildman–Crippen LogP) is 0.869. The zero-order valence-electron chi connectivity index (χ0n) is 14.7. The van der Waals surface area contributed by atoms with Crippen molar-refractivity contribution >= 4 is 40.3 Å². The van der Waals surface area contributed by atoms with Gasteiger partial charge in [-0.2, -0.15) is 0 Å². The molecule has 23 heavy (non-hydrogen) atoms. The number of rotatable bonds is 7. The van der Waals surface area contributed by atoms with Gasteiger partial charge in [-0.15, -0.1) is 0 Å². The van der Waals surface area contributed by atoms with E-state index in [1.807, 2.05) is 18.2 Å². The summed E-state index contributed by atoms with van der Waals surface area (Å²) in [6, 6.07) is 5.63. The number of unbranched alkanes of at least 4 members (excludes halogenated alkanes) is 2. The van der Waals surface area contributed by atoms with Crippen molar-refractivity contribution in [1.29, 1.82) is 0 Å². The average Bonchev–Trinajstić information content (AvgIpc) is 2.82. The van der Waals surface area contributed by atoms with Crippen molar-refractivity contribution in [1.82, 2.24) is 5.32 Å². The van der Waals surface area contributed by atoms with Crippen molar-refractivity contribution in [3.63, 3.8) is 0 Å². The first-order valence-corrected chi connectivity index (χ1v) is 8.42. The molecule has 0 unspecified atom stereocenters. The van der Waals surface area contributed by atoms with Crippen LogP contribution in [0.1, 0.15) is 33.2 Å². The molecular formula is C16H20NNaO3S2. The Morgan fingerprint density at radius 3 is 2.74 bits per heavy atom. The van der Waals surface area contributed by atoms with Gasteiger partial charge in [0.15, 0.2) is 11.5 Å². The first-order chi connectivity index (χ1) is 10.6. The molecule has 4 nitrogen and oxygen atoms in total. The van der Waals surface area contributed by atoms with E-state index in [-0.39, 0.29) is 36.9 Å². The molecule has 0 spiro atoms. The van der Waals surface area contributed by atoms with Crippen LogP contribution in [0, 0.1) is 0 Å². The first-order valence-electron chi connectivity index (χ1n) is 7.19.